The van der Waals surface area contributed by atoms with Gasteiger partial charge in [-0.2, -0.15) is 0 Å². The van der Waals surface area contributed by atoms with E-state index in [9.17, 15) is 9.18 Å². The number of rotatable bonds is 4. The van der Waals surface area contributed by atoms with Gasteiger partial charge < -0.3 is 4.90 Å². The summed E-state index contributed by atoms with van der Waals surface area (Å²) in [6.07, 6.45) is 4.25. The molecule has 0 radical (unpaired) electrons. The van der Waals surface area contributed by atoms with E-state index in [0.29, 0.717) is 18.7 Å². The van der Waals surface area contributed by atoms with E-state index in [1.54, 1.807) is 4.90 Å². The van der Waals surface area contributed by atoms with Crippen molar-refractivity contribution in [2.45, 2.75) is 0 Å². The first-order valence-corrected chi connectivity index (χ1v) is 8.69. The first-order chi connectivity index (χ1) is 12.1. The van der Waals surface area contributed by atoms with Crippen LogP contribution in [0.4, 0.5) is 4.39 Å². The Morgan fingerprint density at radius 3 is 2.48 bits per heavy atom. The molecule has 130 valence electrons. The highest BCUT2D eigenvalue weighted by molar-refractivity contribution is 6.33. The molecule has 0 unspecified atom stereocenters. The van der Waals surface area contributed by atoms with E-state index >= 15 is 0 Å². The van der Waals surface area contributed by atoms with Crippen LogP contribution in [-0.4, -0.2) is 48.4 Å². The fourth-order valence-corrected chi connectivity index (χ4v) is 3.12. The summed E-state index contributed by atoms with van der Waals surface area (Å²) in [6.45, 7) is 3.76. The maximum absolute atomic E-state index is 13.1. The largest absolute Gasteiger partial charge is 0.336 e. The van der Waals surface area contributed by atoms with E-state index in [1.165, 1.54) is 23.8 Å². The highest BCUT2D eigenvalue weighted by Gasteiger charge is 2.23. The predicted octanol–water partition coefficient (Wildman–Crippen LogP) is 3.95. The van der Waals surface area contributed by atoms with Gasteiger partial charge >= 0.3 is 0 Å². The van der Waals surface area contributed by atoms with Gasteiger partial charge in [-0.25, -0.2) is 4.39 Å². The number of amides is 1. The molecule has 1 heterocycles. The molecule has 1 aliphatic rings. The van der Waals surface area contributed by atoms with Crippen LogP contribution in [0.5, 0.6) is 0 Å². The number of carbonyl (C=O) groups is 1. The fraction of sp³-hybridized carbons (Fsp3) is 0.250. The zero-order chi connectivity index (χ0) is 17.6. The van der Waals surface area contributed by atoms with E-state index in [4.69, 9.17) is 11.6 Å². The molecule has 1 fully saturated rings. The number of nitrogens with zero attached hydrogens (tertiary/aromatic N) is 2. The average Bonchev–Trinajstić information content (AvgIpc) is 2.63. The first-order valence-electron chi connectivity index (χ1n) is 8.32. The lowest BCUT2D eigenvalue weighted by Gasteiger charge is -2.34. The van der Waals surface area contributed by atoms with Gasteiger partial charge in [-0.05, 0) is 23.8 Å². The molecular weight excluding hydrogens is 339 g/mol. The molecule has 1 saturated heterocycles. The Bertz CT molecular complexity index is 756. The van der Waals surface area contributed by atoms with Crippen molar-refractivity contribution in [1.29, 1.82) is 0 Å². The molecule has 5 heteroatoms. The Balaban J connectivity index is 1.51. The summed E-state index contributed by atoms with van der Waals surface area (Å²) in [7, 11) is 0. The lowest BCUT2D eigenvalue weighted by molar-refractivity contribution is 0.0650. The van der Waals surface area contributed by atoms with Crippen LogP contribution in [0.25, 0.3) is 6.08 Å². The van der Waals surface area contributed by atoms with Gasteiger partial charge in [0.1, 0.15) is 5.82 Å². The maximum Gasteiger partial charge on any atom is 0.255 e. The standard InChI is InChI=1S/C20H20ClFN2O/c21-19-15-17(22)8-9-18(19)20(25)24-13-11-23(12-14-24)10-4-7-16-5-2-1-3-6-16/h1-9,15H,10-14H2. The zero-order valence-electron chi connectivity index (χ0n) is 13.9. The minimum Gasteiger partial charge on any atom is -0.336 e. The van der Waals surface area contributed by atoms with Crippen LogP contribution in [0.1, 0.15) is 15.9 Å². The zero-order valence-corrected chi connectivity index (χ0v) is 14.6. The van der Waals surface area contributed by atoms with Crippen LogP contribution >= 0.6 is 11.6 Å². The SMILES string of the molecule is O=C(c1ccc(F)cc1Cl)N1CCN(CC=Cc2ccccc2)CC1. The molecular formula is C20H20ClFN2O. The third-order valence-electron chi connectivity index (χ3n) is 4.29. The second-order valence-corrected chi connectivity index (χ2v) is 6.44. The Kier molecular flexibility index (Phi) is 5.84. The highest BCUT2D eigenvalue weighted by Crippen LogP contribution is 2.20. The quantitative estimate of drug-likeness (QED) is 0.826. The molecule has 1 aliphatic heterocycles. The van der Waals surface area contributed by atoms with Gasteiger partial charge in [0.2, 0.25) is 0 Å². The molecule has 25 heavy (non-hydrogen) atoms. The highest BCUT2D eigenvalue weighted by atomic mass is 35.5. The summed E-state index contributed by atoms with van der Waals surface area (Å²) in [5.74, 6) is -0.568. The summed E-state index contributed by atoms with van der Waals surface area (Å²) in [5, 5.41) is 0.165. The normalized spacial score (nSPS) is 15.7. The lowest BCUT2D eigenvalue weighted by Crippen LogP contribution is -2.48. The minimum atomic E-state index is -0.434. The van der Waals surface area contributed by atoms with Crippen molar-refractivity contribution < 1.29 is 9.18 Å². The van der Waals surface area contributed by atoms with E-state index < -0.39 is 5.82 Å². The van der Waals surface area contributed by atoms with Crippen molar-refractivity contribution in [2.75, 3.05) is 32.7 Å². The summed E-state index contributed by atoms with van der Waals surface area (Å²) in [4.78, 5) is 16.6. The van der Waals surface area contributed by atoms with Crippen LogP contribution in [0.2, 0.25) is 5.02 Å². The number of benzene rings is 2. The summed E-state index contributed by atoms with van der Waals surface area (Å²) < 4.78 is 13.1. The van der Waals surface area contributed by atoms with Gasteiger partial charge in [0.05, 0.1) is 10.6 Å². The Hall–Kier alpha value is -2.17. The molecule has 1 amide bonds. The average molecular weight is 359 g/mol. The molecule has 0 N–H and O–H groups in total. The Morgan fingerprint density at radius 1 is 1.08 bits per heavy atom. The van der Waals surface area contributed by atoms with Gasteiger partial charge in [-0.3, -0.25) is 9.69 Å². The Labute approximate surface area is 152 Å². The van der Waals surface area contributed by atoms with Gasteiger partial charge in [0, 0.05) is 32.7 Å². The predicted molar refractivity (Wildman–Crippen MR) is 99.2 cm³/mol. The molecule has 0 spiro atoms. The second-order valence-electron chi connectivity index (χ2n) is 6.03. The number of piperazine rings is 1. The van der Waals surface area contributed by atoms with Crippen molar-refractivity contribution in [2.24, 2.45) is 0 Å². The van der Waals surface area contributed by atoms with Crippen LogP contribution in [0, 0.1) is 5.82 Å². The molecule has 0 bridgehead atoms. The first kappa shape index (κ1) is 17.6. The number of hydrogen-bond acceptors (Lipinski definition) is 2. The van der Waals surface area contributed by atoms with Crippen molar-refractivity contribution in [3.63, 3.8) is 0 Å². The van der Waals surface area contributed by atoms with E-state index in [1.807, 2.05) is 18.2 Å². The second kappa shape index (κ2) is 8.28. The number of halogens is 2. The molecule has 3 rings (SSSR count). The molecule has 3 nitrogen and oxygen atoms in total. The molecule has 0 aliphatic carbocycles. The third-order valence-corrected chi connectivity index (χ3v) is 4.61. The van der Waals surface area contributed by atoms with Crippen molar-refractivity contribution >= 4 is 23.6 Å². The molecule has 2 aromatic carbocycles. The van der Waals surface area contributed by atoms with Crippen LogP contribution < -0.4 is 0 Å². The van der Waals surface area contributed by atoms with Crippen molar-refractivity contribution in [3.05, 3.63) is 76.6 Å². The van der Waals surface area contributed by atoms with Crippen LogP contribution in [0.3, 0.4) is 0 Å². The van der Waals surface area contributed by atoms with Gasteiger partial charge in [-0.1, -0.05) is 54.1 Å². The van der Waals surface area contributed by atoms with Crippen LogP contribution in [0.15, 0.2) is 54.6 Å². The Morgan fingerprint density at radius 2 is 1.80 bits per heavy atom. The van der Waals surface area contributed by atoms with Gasteiger partial charge in [0.15, 0.2) is 0 Å². The topological polar surface area (TPSA) is 23.6 Å². The fourth-order valence-electron chi connectivity index (χ4n) is 2.87. The lowest BCUT2D eigenvalue weighted by atomic mass is 10.1. The molecule has 2 aromatic rings. The smallest absolute Gasteiger partial charge is 0.255 e. The van der Waals surface area contributed by atoms with Crippen molar-refractivity contribution in [3.8, 4) is 0 Å². The summed E-state index contributed by atoms with van der Waals surface area (Å²) >= 11 is 5.99. The monoisotopic (exact) mass is 358 g/mol. The minimum absolute atomic E-state index is 0.135. The van der Waals surface area contributed by atoms with Gasteiger partial charge in [0.25, 0.3) is 5.91 Å². The third kappa shape index (κ3) is 4.68. The van der Waals surface area contributed by atoms with E-state index in [2.05, 4.69) is 29.2 Å². The maximum atomic E-state index is 13.1. The summed E-state index contributed by atoms with van der Waals surface area (Å²) in [6, 6.07) is 14.1. The van der Waals surface area contributed by atoms with Crippen LogP contribution in [-0.2, 0) is 0 Å². The molecule has 0 saturated carbocycles. The molecule has 0 atom stereocenters. The van der Waals surface area contributed by atoms with E-state index in [-0.39, 0.29) is 10.9 Å². The van der Waals surface area contributed by atoms with Crippen molar-refractivity contribution in [1.82, 2.24) is 9.80 Å². The number of carbonyl (C=O) groups excluding carboxylic acids is 1. The van der Waals surface area contributed by atoms with Gasteiger partial charge in [-0.15, -0.1) is 0 Å². The number of hydrogen-bond donors (Lipinski definition) is 0. The van der Waals surface area contributed by atoms with E-state index in [0.717, 1.165) is 19.6 Å². The summed E-state index contributed by atoms with van der Waals surface area (Å²) in [5.41, 5.74) is 1.54. The molecule has 0 aromatic heterocycles.